The Labute approximate surface area is 127 Å². The van der Waals surface area contributed by atoms with Crippen LogP contribution in [0.5, 0.6) is 0 Å². The van der Waals surface area contributed by atoms with E-state index >= 15 is 0 Å². The number of rotatable bonds is 3. The summed E-state index contributed by atoms with van der Waals surface area (Å²) in [5, 5.41) is 8.94. The fourth-order valence-corrected chi connectivity index (χ4v) is 2.69. The van der Waals surface area contributed by atoms with Gasteiger partial charge >= 0.3 is 0 Å². The molecule has 0 aliphatic carbocycles. The zero-order valence-electron chi connectivity index (χ0n) is 12.1. The van der Waals surface area contributed by atoms with Crippen molar-refractivity contribution in [3.8, 4) is 0 Å². The van der Waals surface area contributed by atoms with Crippen molar-refractivity contribution in [2.45, 2.75) is 0 Å². The summed E-state index contributed by atoms with van der Waals surface area (Å²) in [6.07, 6.45) is 2.97. The molecule has 3 rings (SSSR count). The van der Waals surface area contributed by atoms with Crippen LogP contribution in [0, 0.1) is 5.82 Å². The lowest BCUT2D eigenvalue weighted by atomic mass is 10.1. The molecule has 6 nitrogen and oxygen atoms in total. The first kappa shape index (κ1) is 14.8. The highest BCUT2D eigenvalue weighted by atomic mass is 19.1. The third-order valence-electron chi connectivity index (χ3n) is 3.84. The van der Waals surface area contributed by atoms with Crippen molar-refractivity contribution in [3.63, 3.8) is 0 Å². The summed E-state index contributed by atoms with van der Waals surface area (Å²) in [5.74, 6) is -0.719. The fourth-order valence-electron chi connectivity index (χ4n) is 2.69. The van der Waals surface area contributed by atoms with Gasteiger partial charge in [-0.3, -0.25) is 19.7 Å². The molecule has 0 unspecified atom stereocenters. The maximum atomic E-state index is 13.7. The second-order valence-corrected chi connectivity index (χ2v) is 5.23. The summed E-state index contributed by atoms with van der Waals surface area (Å²) in [6.45, 7) is 3.22. The Kier molecular flexibility index (Phi) is 4.26. The molecule has 7 heteroatoms. The summed E-state index contributed by atoms with van der Waals surface area (Å²) in [6, 6.07) is 2.50. The van der Waals surface area contributed by atoms with Gasteiger partial charge in [0.25, 0.3) is 5.91 Å². The number of piperazine rings is 1. The van der Waals surface area contributed by atoms with Gasteiger partial charge in [-0.15, -0.1) is 0 Å². The second kappa shape index (κ2) is 6.33. The minimum absolute atomic E-state index is 0.109. The van der Waals surface area contributed by atoms with E-state index in [1.165, 1.54) is 24.5 Å². The van der Waals surface area contributed by atoms with E-state index in [1.54, 1.807) is 4.90 Å². The number of nitrogens with zero attached hydrogens (tertiary/aromatic N) is 4. The second-order valence-electron chi connectivity index (χ2n) is 5.23. The van der Waals surface area contributed by atoms with Crippen molar-refractivity contribution >= 4 is 16.9 Å². The smallest absolute Gasteiger partial charge is 0.256 e. The lowest BCUT2D eigenvalue weighted by Gasteiger charge is -2.34. The van der Waals surface area contributed by atoms with Gasteiger partial charge in [-0.1, -0.05) is 0 Å². The Morgan fingerprint density at radius 1 is 1.18 bits per heavy atom. The van der Waals surface area contributed by atoms with Crippen molar-refractivity contribution in [2.75, 3.05) is 39.3 Å². The maximum Gasteiger partial charge on any atom is 0.256 e. The first-order chi connectivity index (χ1) is 10.7. The van der Waals surface area contributed by atoms with Gasteiger partial charge in [0.1, 0.15) is 11.3 Å². The number of carbonyl (C=O) groups excluding carboxylic acids is 1. The summed E-state index contributed by atoms with van der Waals surface area (Å²) >= 11 is 0. The van der Waals surface area contributed by atoms with E-state index in [4.69, 9.17) is 5.11 Å². The average Bonchev–Trinajstić information content (AvgIpc) is 2.54. The minimum atomic E-state index is -0.490. The van der Waals surface area contributed by atoms with E-state index in [2.05, 4.69) is 14.9 Å². The van der Waals surface area contributed by atoms with Crippen LogP contribution in [0.4, 0.5) is 4.39 Å². The van der Waals surface area contributed by atoms with E-state index in [-0.39, 0.29) is 18.1 Å². The predicted molar refractivity (Wildman–Crippen MR) is 78.9 cm³/mol. The van der Waals surface area contributed by atoms with Crippen LogP contribution in [0.1, 0.15) is 10.4 Å². The molecule has 22 heavy (non-hydrogen) atoms. The van der Waals surface area contributed by atoms with Crippen molar-refractivity contribution in [2.24, 2.45) is 0 Å². The standard InChI is InChI=1S/C15H17FN4O2/c16-11-9-12(14-13(10-11)17-1-2-18-14)15(22)20-5-3-19(4-6-20)7-8-21/h1-2,9-10,21H,3-8H2. The number of halogens is 1. The zero-order valence-corrected chi connectivity index (χ0v) is 12.1. The van der Waals surface area contributed by atoms with Gasteiger partial charge in [-0.2, -0.15) is 0 Å². The van der Waals surface area contributed by atoms with Gasteiger partial charge in [0.2, 0.25) is 0 Å². The van der Waals surface area contributed by atoms with Crippen LogP contribution in [0.2, 0.25) is 0 Å². The van der Waals surface area contributed by atoms with Crippen LogP contribution >= 0.6 is 0 Å². The summed E-state index contributed by atoms with van der Waals surface area (Å²) < 4.78 is 13.7. The van der Waals surface area contributed by atoms with E-state index < -0.39 is 5.82 Å². The van der Waals surface area contributed by atoms with Crippen molar-refractivity contribution in [3.05, 3.63) is 35.9 Å². The van der Waals surface area contributed by atoms with Gasteiger partial charge in [0.15, 0.2) is 0 Å². The normalized spacial score (nSPS) is 16.2. The first-order valence-electron chi connectivity index (χ1n) is 7.22. The van der Waals surface area contributed by atoms with E-state index in [0.717, 1.165) is 0 Å². The van der Waals surface area contributed by atoms with Crippen LogP contribution in [0.15, 0.2) is 24.5 Å². The molecule has 2 aromatic rings. The third-order valence-corrected chi connectivity index (χ3v) is 3.84. The molecule has 1 fully saturated rings. The molecule has 1 aromatic carbocycles. The lowest BCUT2D eigenvalue weighted by molar-refractivity contribution is 0.0616. The number of aromatic nitrogens is 2. The Balaban J connectivity index is 1.84. The van der Waals surface area contributed by atoms with E-state index in [0.29, 0.717) is 43.8 Å². The Bertz CT molecular complexity index is 686. The molecule has 1 N–H and O–H groups in total. The Morgan fingerprint density at radius 3 is 2.64 bits per heavy atom. The molecule has 2 heterocycles. The highest BCUT2D eigenvalue weighted by Gasteiger charge is 2.24. The van der Waals surface area contributed by atoms with Gasteiger partial charge in [0.05, 0.1) is 17.7 Å². The predicted octanol–water partition coefficient (Wildman–Crippen LogP) is 0.519. The zero-order chi connectivity index (χ0) is 15.5. The lowest BCUT2D eigenvalue weighted by Crippen LogP contribution is -2.49. The maximum absolute atomic E-state index is 13.7. The van der Waals surface area contributed by atoms with Crippen LogP contribution in [-0.2, 0) is 0 Å². The molecule has 116 valence electrons. The third kappa shape index (κ3) is 2.90. The number of β-amino-alcohol motifs (C(OH)–C–C–N with tert-alkyl or cyclic N) is 1. The van der Waals surface area contributed by atoms with Crippen LogP contribution in [0.3, 0.4) is 0 Å². The molecule has 1 saturated heterocycles. The fraction of sp³-hybridized carbons (Fsp3) is 0.400. The van der Waals surface area contributed by atoms with Gasteiger partial charge < -0.3 is 10.0 Å². The Hall–Kier alpha value is -2.12. The number of hydrogen-bond acceptors (Lipinski definition) is 5. The number of benzene rings is 1. The number of hydrogen-bond donors (Lipinski definition) is 1. The quantitative estimate of drug-likeness (QED) is 0.895. The van der Waals surface area contributed by atoms with Crippen molar-refractivity contribution in [1.82, 2.24) is 19.8 Å². The number of carbonyl (C=O) groups is 1. The summed E-state index contributed by atoms with van der Waals surface area (Å²) in [7, 11) is 0. The molecular formula is C15H17FN4O2. The molecule has 1 aliphatic rings. The van der Waals surface area contributed by atoms with E-state index in [9.17, 15) is 9.18 Å². The summed E-state index contributed by atoms with van der Waals surface area (Å²) in [4.78, 5) is 24.7. The molecular weight excluding hydrogens is 287 g/mol. The molecule has 0 spiro atoms. The van der Waals surface area contributed by atoms with Gasteiger partial charge in [0, 0.05) is 51.2 Å². The largest absolute Gasteiger partial charge is 0.395 e. The SMILES string of the molecule is O=C(c1cc(F)cc2nccnc12)N1CCN(CCO)CC1. The monoisotopic (exact) mass is 304 g/mol. The average molecular weight is 304 g/mol. The highest BCUT2D eigenvalue weighted by Crippen LogP contribution is 2.19. The van der Waals surface area contributed by atoms with Gasteiger partial charge in [-0.05, 0) is 6.07 Å². The van der Waals surface area contributed by atoms with Crippen LogP contribution < -0.4 is 0 Å². The minimum Gasteiger partial charge on any atom is -0.395 e. The van der Waals surface area contributed by atoms with Crippen LogP contribution in [0.25, 0.3) is 11.0 Å². The molecule has 0 atom stereocenters. The topological polar surface area (TPSA) is 69.6 Å². The van der Waals surface area contributed by atoms with Gasteiger partial charge in [-0.25, -0.2) is 4.39 Å². The van der Waals surface area contributed by atoms with Crippen molar-refractivity contribution in [1.29, 1.82) is 0 Å². The Morgan fingerprint density at radius 2 is 1.91 bits per heavy atom. The molecule has 1 amide bonds. The van der Waals surface area contributed by atoms with Crippen LogP contribution in [-0.4, -0.2) is 70.1 Å². The molecule has 0 radical (unpaired) electrons. The summed E-state index contributed by atoms with van der Waals surface area (Å²) in [5.41, 5.74) is 1.05. The molecule has 1 aliphatic heterocycles. The number of aliphatic hydroxyl groups is 1. The number of fused-ring (bicyclic) bond motifs is 1. The molecule has 1 aromatic heterocycles. The highest BCUT2D eigenvalue weighted by molar-refractivity contribution is 6.04. The number of amides is 1. The first-order valence-corrected chi connectivity index (χ1v) is 7.22. The number of aliphatic hydroxyl groups excluding tert-OH is 1. The molecule has 0 bridgehead atoms. The molecule has 0 saturated carbocycles. The van der Waals surface area contributed by atoms with Crippen molar-refractivity contribution < 1.29 is 14.3 Å². The van der Waals surface area contributed by atoms with E-state index in [1.807, 2.05) is 0 Å².